The maximum absolute atomic E-state index is 13.0. The van der Waals surface area contributed by atoms with Gasteiger partial charge >= 0.3 is 0 Å². The molecule has 1 nitrogen and oxygen atoms in total. The molecule has 2 atom stereocenters. The molecule has 0 amide bonds. The van der Waals surface area contributed by atoms with Crippen molar-refractivity contribution in [2.45, 2.75) is 31.6 Å². The van der Waals surface area contributed by atoms with Crippen molar-refractivity contribution in [2.24, 2.45) is 5.92 Å². The van der Waals surface area contributed by atoms with E-state index in [0.717, 1.165) is 31.2 Å². The first-order chi connectivity index (χ1) is 7.29. The molecule has 0 bridgehead atoms. The van der Waals surface area contributed by atoms with E-state index in [1.165, 1.54) is 6.07 Å². The van der Waals surface area contributed by atoms with Gasteiger partial charge in [-0.15, -0.1) is 0 Å². The number of benzene rings is 1. The van der Waals surface area contributed by atoms with Crippen LogP contribution < -0.4 is 0 Å². The van der Waals surface area contributed by atoms with Gasteiger partial charge in [-0.25, -0.2) is 4.39 Å². The van der Waals surface area contributed by atoms with Gasteiger partial charge in [-0.2, -0.15) is 5.26 Å². The Morgan fingerprint density at radius 1 is 1.33 bits per heavy atom. The Morgan fingerprint density at radius 2 is 2.20 bits per heavy atom. The third-order valence-electron chi connectivity index (χ3n) is 3.18. The van der Waals surface area contributed by atoms with E-state index in [1.54, 1.807) is 12.1 Å². The second-order valence-corrected chi connectivity index (χ2v) is 4.24. The van der Waals surface area contributed by atoms with Crippen LogP contribution in [0.3, 0.4) is 0 Å². The van der Waals surface area contributed by atoms with Gasteiger partial charge in [0.05, 0.1) is 6.07 Å². The molecule has 0 heterocycles. The highest BCUT2D eigenvalue weighted by Crippen LogP contribution is 2.35. The Labute approximate surface area is 89.5 Å². The smallest absolute Gasteiger partial charge is 0.123 e. The lowest BCUT2D eigenvalue weighted by molar-refractivity contribution is 0.378. The summed E-state index contributed by atoms with van der Waals surface area (Å²) in [6.07, 6.45) is 4.06. The lowest BCUT2D eigenvalue weighted by atomic mass is 9.78. The van der Waals surface area contributed by atoms with Gasteiger partial charge in [0.25, 0.3) is 0 Å². The summed E-state index contributed by atoms with van der Waals surface area (Å²) in [4.78, 5) is 0. The summed E-state index contributed by atoms with van der Waals surface area (Å²) >= 11 is 0. The average Bonchev–Trinajstić information content (AvgIpc) is 2.29. The molecule has 0 aromatic heterocycles. The van der Waals surface area contributed by atoms with E-state index in [0.29, 0.717) is 5.92 Å². The highest BCUT2D eigenvalue weighted by atomic mass is 19.1. The number of nitrogens with zero attached hydrogens (tertiary/aromatic N) is 1. The van der Waals surface area contributed by atoms with Gasteiger partial charge in [-0.05, 0) is 42.9 Å². The van der Waals surface area contributed by atoms with Gasteiger partial charge in [-0.3, -0.25) is 0 Å². The number of rotatable bonds is 1. The van der Waals surface area contributed by atoms with Crippen LogP contribution in [0.2, 0.25) is 0 Å². The minimum atomic E-state index is -0.174. The normalized spacial score (nSPS) is 25.9. The van der Waals surface area contributed by atoms with E-state index in [9.17, 15) is 4.39 Å². The van der Waals surface area contributed by atoms with Crippen LogP contribution in [0.15, 0.2) is 24.3 Å². The standard InChI is InChI=1S/C13H14FN/c14-13-6-2-5-12(8-13)11-4-1-3-10(7-11)9-15/h2,5-6,8,10-11H,1,3-4,7H2. The zero-order chi connectivity index (χ0) is 10.7. The SMILES string of the molecule is N#CC1CCCC(c2cccc(F)c2)C1. The summed E-state index contributed by atoms with van der Waals surface area (Å²) in [5.41, 5.74) is 1.05. The van der Waals surface area contributed by atoms with E-state index in [2.05, 4.69) is 6.07 Å². The monoisotopic (exact) mass is 203 g/mol. The lowest BCUT2D eigenvalue weighted by Gasteiger charge is -2.25. The summed E-state index contributed by atoms with van der Waals surface area (Å²) in [5, 5.41) is 8.89. The zero-order valence-electron chi connectivity index (χ0n) is 8.62. The summed E-state index contributed by atoms with van der Waals surface area (Å²) in [5.74, 6) is 0.359. The van der Waals surface area contributed by atoms with Gasteiger partial charge in [0.2, 0.25) is 0 Å². The third-order valence-corrected chi connectivity index (χ3v) is 3.18. The first-order valence-electron chi connectivity index (χ1n) is 5.44. The van der Waals surface area contributed by atoms with E-state index in [-0.39, 0.29) is 11.7 Å². The van der Waals surface area contributed by atoms with Crippen molar-refractivity contribution < 1.29 is 4.39 Å². The van der Waals surface area contributed by atoms with Crippen LogP contribution in [0.25, 0.3) is 0 Å². The summed E-state index contributed by atoms with van der Waals surface area (Å²) in [7, 11) is 0. The predicted molar refractivity (Wildman–Crippen MR) is 56.7 cm³/mol. The molecule has 1 aromatic carbocycles. The molecule has 1 aliphatic rings. The van der Waals surface area contributed by atoms with Crippen molar-refractivity contribution in [2.75, 3.05) is 0 Å². The number of nitriles is 1. The van der Waals surface area contributed by atoms with E-state index < -0.39 is 0 Å². The molecule has 1 aromatic rings. The number of hydrogen-bond donors (Lipinski definition) is 0. The molecule has 1 fully saturated rings. The van der Waals surface area contributed by atoms with Crippen molar-refractivity contribution in [3.05, 3.63) is 35.6 Å². The molecule has 2 rings (SSSR count). The second-order valence-electron chi connectivity index (χ2n) is 4.24. The van der Waals surface area contributed by atoms with Gasteiger partial charge < -0.3 is 0 Å². The minimum Gasteiger partial charge on any atom is -0.207 e. The van der Waals surface area contributed by atoms with Gasteiger partial charge in [0, 0.05) is 5.92 Å². The molecule has 2 unspecified atom stereocenters. The Morgan fingerprint density at radius 3 is 2.93 bits per heavy atom. The highest BCUT2D eigenvalue weighted by molar-refractivity contribution is 5.21. The van der Waals surface area contributed by atoms with Gasteiger partial charge in [-0.1, -0.05) is 18.6 Å². The largest absolute Gasteiger partial charge is 0.207 e. The summed E-state index contributed by atoms with van der Waals surface area (Å²) < 4.78 is 13.0. The predicted octanol–water partition coefficient (Wildman–Crippen LogP) is 3.62. The van der Waals surface area contributed by atoms with E-state index in [4.69, 9.17) is 5.26 Å². The fourth-order valence-electron chi connectivity index (χ4n) is 2.37. The molecule has 0 radical (unpaired) electrons. The van der Waals surface area contributed by atoms with Crippen molar-refractivity contribution in [3.8, 4) is 6.07 Å². The fourth-order valence-corrected chi connectivity index (χ4v) is 2.37. The van der Waals surface area contributed by atoms with Gasteiger partial charge in [0.15, 0.2) is 0 Å². The van der Waals surface area contributed by atoms with E-state index in [1.807, 2.05) is 6.07 Å². The van der Waals surface area contributed by atoms with Crippen LogP contribution >= 0.6 is 0 Å². The Kier molecular flexibility index (Phi) is 3.01. The third kappa shape index (κ3) is 2.36. The molecular weight excluding hydrogens is 189 g/mol. The second kappa shape index (κ2) is 4.44. The summed E-state index contributed by atoms with van der Waals surface area (Å²) in [6, 6.07) is 9.11. The van der Waals surface area contributed by atoms with Crippen LogP contribution in [0.4, 0.5) is 4.39 Å². The number of halogens is 1. The Balaban J connectivity index is 2.14. The molecule has 15 heavy (non-hydrogen) atoms. The molecule has 78 valence electrons. The molecule has 0 spiro atoms. The van der Waals surface area contributed by atoms with Crippen molar-refractivity contribution in [1.82, 2.24) is 0 Å². The Bertz CT molecular complexity index is 380. The first kappa shape index (κ1) is 10.2. The lowest BCUT2D eigenvalue weighted by Crippen LogP contribution is -2.12. The first-order valence-corrected chi connectivity index (χ1v) is 5.44. The molecule has 1 aliphatic carbocycles. The van der Waals surface area contributed by atoms with Crippen molar-refractivity contribution in [3.63, 3.8) is 0 Å². The van der Waals surface area contributed by atoms with Crippen LogP contribution in [0, 0.1) is 23.1 Å². The maximum atomic E-state index is 13.0. The molecule has 2 heteroatoms. The fraction of sp³-hybridized carbons (Fsp3) is 0.462. The van der Waals surface area contributed by atoms with Gasteiger partial charge in [0.1, 0.15) is 5.82 Å². The van der Waals surface area contributed by atoms with E-state index >= 15 is 0 Å². The van der Waals surface area contributed by atoms with Crippen LogP contribution in [0.5, 0.6) is 0 Å². The molecule has 0 saturated heterocycles. The quantitative estimate of drug-likeness (QED) is 0.683. The van der Waals surface area contributed by atoms with Crippen molar-refractivity contribution >= 4 is 0 Å². The number of hydrogen-bond acceptors (Lipinski definition) is 1. The zero-order valence-corrected chi connectivity index (χ0v) is 8.62. The minimum absolute atomic E-state index is 0.159. The molecule has 0 aliphatic heterocycles. The molecular formula is C13H14FN. The topological polar surface area (TPSA) is 23.8 Å². The molecule has 1 saturated carbocycles. The van der Waals surface area contributed by atoms with Crippen LogP contribution in [-0.4, -0.2) is 0 Å². The van der Waals surface area contributed by atoms with Crippen LogP contribution in [0.1, 0.15) is 37.2 Å². The maximum Gasteiger partial charge on any atom is 0.123 e. The summed E-state index contributed by atoms with van der Waals surface area (Å²) in [6.45, 7) is 0. The Hall–Kier alpha value is -1.36. The average molecular weight is 203 g/mol. The van der Waals surface area contributed by atoms with Crippen molar-refractivity contribution in [1.29, 1.82) is 5.26 Å². The van der Waals surface area contributed by atoms with Crippen LogP contribution in [-0.2, 0) is 0 Å². The molecule has 0 N–H and O–H groups in total. The highest BCUT2D eigenvalue weighted by Gasteiger charge is 2.22.